The van der Waals surface area contributed by atoms with Crippen LogP contribution in [0.4, 0.5) is 4.79 Å². The molecule has 0 radical (unpaired) electrons. The van der Waals surface area contributed by atoms with Crippen LogP contribution < -0.4 is 29.6 Å². The smallest absolute Gasteiger partial charge is 0.769 e. The average Bonchev–Trinajstić information content (AvgIpc) is 2.51. The topological polar surface area (TPSA) is 118 Å². The van der Waals surface area contributed by atoms with Crippen molar-refractivity contribution in [3.05, 3.63) is 11.0 Å². The van der Waals surface area contributed by atoms with Gasteiger partial charge in [0.25, 0.3) is 5.91 Å². The van der Waals surface area contributed by atoms with Crippen molar-refractivity contribution in [3.63, 3.8) is 0 Å². The molecule has 0 aromatic carbocycles. The first-order valence-corrected chi connectivity index (χ1v) is 7.34. The van der Waals surface area contributed by atoms with Gasteiger partial charge < -0.3 is 14.6 Å². The van der Waals surface area contributed by atoms with E-state index in [4.69, 9.17) is 5.11 Å². The van der Waals surface area contributed by atoms with Gasteiger partial charge in [0.05, 0.1) is 0 Å². The number of aliphatic carboxylic acids is 1. The third kappa shape index (κ3) is 4.63. The van der Waals surface area contributed by atoms with Crippen LogP contribution in [-0.4, -0.2) is 60.7 Å². The molecule has 3 amide bonds. The van der Waals surface area contributed by atoms with Crippen LogP contribution in [0, 0.1) is 0 Å². The van der Waals surface area contributed by atoms with Gasteiger partial charge in [0.1, 0.15) is 5.54 Å². The first-order chi connectivity index (χ1) is 9.59. The van der Waals surface area contributed by atoms with E-state index in [1.54, 1.807) is 13.8 Å². The summed E-state index contributed by atoms with van der Waals surface area (Å²) in [5.41, 5.74) is -1.21. The Balaban J connectivity index is 0.00000441. The van der Waals surface area contributed by atoms with Crippen molar-refractivity contribution in [2.45, 2.75) is 32.2 Å². The van der Waals surface area contributed by atoms with Gasteiger partial charge in [-0.3, -0.25) is 13.9 Å². The largest absolute Gasteiger partial charge is 1.00 e. The standard InChI is InChI=1S/C12H18N2O6S.Na/c1-12(2)10(17)14(11(18)13(12)3)6-4-5-8(9(15)16)7-21(19)20;/h7H,4-6H2,1-3H3,(H,15,16)(H,19,20);/q;+1/p-1/b8-7-;. The number of carboxylic acid groups (broad SMARTS) is 1. The summed E-state index contributed by atoms with van der Waals surface area (Å²) in [7, 11) is 1.52. The van der Waals surface area contributed by atoms with Crippen LogP contribution in [0.5, 0.6) is 0 Å². The number of carboxylic acids is 1. The van der Waals surface area contributed by atoms with Crippen LogP contribution in [0.15, 0.2) is 11.0 Å². The van der Waals surface area contributed by atoms with E-state index in [0.29, 0.717) is 5.41 Å². The molecule has 0 bridgehead atoms. The molecule has 10 heteroatoms. The third-order valence-electron chi connectivity index (χ3n) is 3.47. The molecule has 22 heavy (non-hydrogen) atoms. The van der Waals surface area contributed by atoms with Crippen LogP contribution in [0.3, 0.4) is 0 Å². The molecule has 0 spiro atoms. The predicted octanol–water partition coefficient (Wildman–Crippen LogP) is -2.71. The van der Waals surface area contributed by atoms with Crippen molar-refractivity contribution >= 4 is 29.0 Å². The van der Waals surface area contributed by atoms with Crippen LogP contribution in [0.1, 0.15) is 26.7 Å². The van der Waals surface area contributed by atoms with Crippen molar-refractivity contribution in [3.8, 4) is 0 Å². The average molecular weight is 340 g/mol. The van der Waals surface area contributed by atoms with Gasteiger partial charge >= 0.3 is 41.6 Å². The predicted molar refractivity (Wildman–Crippen MR) is 72.8 cm³/mol. The molecule has 0 aromatic heterocycles. The van der Waals surface area contributed by atoms with E-state index in [9.17, 15) is 23.1 Å². The second-order valence-corrected chi connectivity index (χ2v) is 5.93. The summed E-state index contributed by atoms with van der Waals surface area (Å²) in [4.78, 5) is 37.2. The van der Waals surface area contributed by atoms with E-state index in [2.05, 4.69) is 0 Å². The van der Waals surface area contributed by atoms with Crippen molar-refractivity contribution in [1.29, 1.82) is 0 Å². The molecule has 1 atom stereocenters. The van der Waals surface area contributed by atoms with Crippen LogP contribution in [0.2, 0.25) is 0 Å². The first kappa shape index (κ1) is 21.3. The molecule has 1 aliphatic heterocycles. The minimum absolute atomic E-state index is 0. The Kier molecular flexibility index (Phi) is 7.93. The Morgan fingerprint density at radius 3 is 2.32 bits per heavy atom. The number of amides is 3. The Labute approximate surface area is 153 Å². The molecule has 1 saturated heterocycles. The molecule has 1 aliphatic rings. The Morgan fingerprint density at radius 2 is 1.95 bits per heavy atom. The molecule has 118 valence electrons. The van der Waals surface area contributed by atoms with Crippen molar-refractivity contribution in [2.75, 3.05) is 13.6 Å². The zero-order chi connectivity index (χ0) is 16.4. The Bertz CT molecular complexity index is 534. The Hall–Kier alpha value is -0.740. The van der Waals surface area contributed by atoms with Gasteiger partial charge in [-0.1, -0.05) is 0 Å². The SMILES string of the molecule is CN1C(=O)N(CCC/C(=C/S(=O)[O-])C(=O)O)C(=O)C1(C)C.[Na+]. The Morgan fingerprint density at radius 1 is 1.41 bits per heavy atom. The summed E-state index contributed by atoms with van der Waals surface area (Å²) in [6, 6.07) is -0.446. The summed E-state index contributed by atoms with van der Waals surface area (Å²) in [6.07, 6.45) is 0.126. The number of rotatable bonds is 6. The van der Waals surface area contributed by atoms with Crippen LogP contribution >= 0.6 is 0 Å². The quantitative estimate of drug-likeness (QED) is 0.243. The monoisotopic (exact) mass is 340 g/mol. The number of hydrogen-bond donors (Lipinski definition) is 1. The van der Waals surface area contributed by atoms with Gasteiger partial charge in [0, 0.05) is 19.2 Å². The fourth-order valence-corrected chi connectivity index (χ4v) is 2.39. The number of hydrogen-bond acceptors (Lipinski definition) is 5. The minimum Gasteiger partial charge on any atom is -0.769 e. The molecular weight excluding hydrogens is 323 g/mol. The molecule has 0 aromatic rings. The van der Waals surface area contributed by atoms with Gasteiger partial charge in [-0.05, 0) is 43.2 Å². The number of urea groups is 1. The van der Waals surface area contributed by atoms with Gasteiger partial charge in [-0.2, -0.15) is 0 Å². The molecule has 1 heterocycles. The molecule has 0 aliphatic carbocycles. The maximum atomic E-state index is 12.1. The second kappa shape index (κ2) is 8.21. The fourth-order valence-electron chi connectivity index (χ4n) is 1.94. The number of nitrogens with zero attached hydrogens (tertiary/aromatic N) is 2. The third-order valence-corrected chi connectivity index (χ3v) is 3.94. The van der Waals surface area contributed by atoms with Crippen LogP contribution in [0.25, 0.3) is 0 Å². The van der Waals surface area contributed by atoms with E-state index in [0.717, 1.165) is 4.90 Å². The summed E-state index contributed by atoms with van der Waals surface area (Å²) < 4.78 is 21.0. The van der Waals surface area contributed by atoms with E-state index in [1.807, 2.05) is 0 Å². The first-order valence-electron chi connectivity index (χ1n) is 6.21. The molecule has 1 unspecified atom stereocenters. The van der Waals surface area contributed by atoms with Gasteiger partial charge in [0.2, 0.25) is 0 Å². The van der Waals surface area contributed by atoms with E-state index in [-0.39, 0.29) is 60.4 Å². The summed E-state index contributed by atoms with van der Waals surface area (Å²) in [5.74, 6) is -1.70. The molecule has 1 rings (SSSR count). The van der Waals surface area contributed by atoms with Crippen molar-refractivity contribution < 1.29 is 57.8 Å². The van der Waals surface area contributed by atoms with Gasteiger partial charge in [-0.15, -0.1) is 0 Å². The number of likely N-dealkylation sites (N-methyl/N-ethyl adjacent to an activating group) is 1. The zero-order valence-corrected chi connectivity index (χ0v) is 15.8. The van der Waals surface area contributed by atoms with Crippen LogP contribution in [-0.2, 0) is 20.7 Å². The fraction of sp³-hybridized carbons (Fsp3) is 0.583. The number of imide groups is 1. The van der Waals surface area contributed by atoms with Crippen molar-refractivity contribution in [1.82, 2.24) is 9.80 Å². The van der Waals surface area contributed by atoms with Gasteiger partial charge in [-0.25, -0.2) is 9.59 Å². The summed E-state index contributed by atoms with van der Waals surface area (Å²) in [6.45, 7) is 3.29. The zero-order valence-electron chi connectivity index (χ0n) is 13.0. The molecule has 0 saturated carbocycles. The second-order valence-electron chi connectivity index (χ2n) is 5.17. The minimum atomic E-state index is -2.60. The molecule has 1 N–H and O–H groups in total. The van der Waals surface area contributed by atoms with E-state index >= 15 is 0 Å². The van der Waals surface area contributed by atoms with E-state index < -0.39 is 28.6 Å². The normalized spacial score (nSPS) is 19.2. The van der Waals surface area contributed by atoms with E-state index in [1.165, 1.54) is 11.9 Å². The van der Waals surface area contributed by atoms with Crippen molar-refractivity contribution in [2.24, 2.45) is 0 Å². The molecule has 8 nitrogen and oxygen atoms in total. The molecule has 1 fully saturated rings. The maximum Gasteiger partial charge on any atom is 1.00 e. The maximum absolute atomic E-state index is 12.1. The summed E-state index contributed by atoms with van der Waals surface area (Å²) in [5, 5.41) is 9.46. The molecular formula is C12H17N2NaO6S. The number of carbonyl (C=O) groups excluding carboxylic acids is 2. The number of carbonyl (C=O) groups is 3. The summed E-state index contributed by atoms with van der Waals surface area (Å²) >= 11 is -2.60. The van der Waals surface area contributed by atoms with Gasteiger partial charge in [0.15, 0.2) is 0 Å².